The number of hydrogen-bond donors (Lipinski definition) is 9. The van der Waals surface area contributed by atoms with Crippen molar-refractivity contribution in [2.24, 2.45) is 19.8 Å². The van der Waals surface area contributed by atoms with Gasteiger partial charge in [-0.15, -0.1) is 0 Å². The zero-order valence-corrected chi connectivity index (χ0v) is 36.5. The number of hydrogen-bond acceptors (Lipinski definition) is 13. The lowest BCUT2D eigenvalue weighted by molar-refractivity contribution is 0.0684. The SMILES string of the molecule is Cn1nc(S(=O)(=O)NC(=O)Nc2c3c(cc4c2CCC4)CCC3)cc1C(=O)NCCO.Cn1nc(S(=O)(=O)NC(=O)Nc2c3c(cc4c2CCC4)CCC3)cc1C(=O)O.NCCO. The van der Waals surface area contributed by atoms with Crippen molar-refractivity contribution in [3.8, 4) is 0 Å². The largest absolute Gasteiger partial charge is 0.477 e. The topological polar surface area (TPSA) is 319 Å². The number of aliphatic hydroxyl groups excluding tert-OH is 2. The van der Waals surface area contributed by atoms with Gasteiger partial charge in [0.25, 0.3) is 26.0 Å². The molecule has 2 aromatic heterocycles. The average molecular weight is 913 g/mol. The Kier molecular flexibility index (Phi) is 14.6. The van der Waals surface area contributed by atoms with Crippen molar-refractivity contribution in [2.45, 2.75) is 87.1 Å². The molecule has 0 saturated heterocycles. The van der Waals surface area contributed by atoms with Crippen LogP contribution in [0.15, 0.2) is 34.3 Å². The Morgan fingerprint density at radius 1 is 0.619 bits per heavy atom. The Bertz CT molecular complexity index is 2590. The summed E-state index contributed by atoms with van der Waals surface area (Å²) in [6.07, 6.45) is 11.3. The van der Waals surface area contributed by atoms with Crippen molar-refractivity contribution in [2.75, 3.05) is 36.9 Å². The first-order valence-corrected chi connectivity index (χ1v) is 23.5. The Labute approximate surface area is 363 Å². The third-order valence-electron chi connectivity index (χ3n) is 11.1. The van der Waals surface area contributed by atoms with E-state index < -0.39 is 54.0 Å². The number of carboxylic acid groups (broad SMARTS) is 1. The van der Waals surface area contributed by atoms with Crippen LogP contribution in [0.25, 0.3) is 0 Å². The lowest BCUT2D eigenvalue weighted by Crippen LogP contribution is -2.35. The van der Waals surface area contributed by atoms with Crippen LogP contribution in [0, 0.1) is 0 Å². The molecule has 0 aliphatic heterocycles. The molecule has 0 fully saturated rings. The maximum absolute atomic E-state index is 12.7. The molecule has 4 aliphatic carbocycles. The fourth-order valence-electron chi connectivity index (χ4n) is 8.38. The van der Waals surface area contributed by atoms with Gasteiger partial charge in [-0.1, -0.05) is 12.1 Å². The number of nitrogens with one attached hydrogen (secondary N) is 5. The summed E-state index contributed by atoms with van der Waals surface area (Å²) in [6.45, 7) is 0.252. The molecule has 0 radical (unpaired) electrons. The maximum atomic E-state index is 12.7. The number of carboxylic acids is 1. The maximum Gasteiger partial charge on any atom is 0.354 e. The highest BCUT2D eigenvalue weighted by molar-refractivity contribution is 7.90. The van der Waals surface area contributed by atoms with Crippen LogP contribution in [0.4, 0.5) is 21.0 Å². The first-order valence-electron chi connectivity index (χ1n) is 20.5. The third-order valence-corrected chi connectivity index (χ3v) is 13.5. The van der Waals surface area contributed by atoms with Crippen LogP contribution in [-0.2, 0) is 85.5 Å². The van der Waals surface area contributed by atoms with E-state index in [9.17, 15) is 36.0 Å². The molecule has 0 spiro atoms. The Balaban J connectivity index is 0.000000194. The van der Waals surface area contributed by atoms with E-state index in [2.05, 4.69) is 38.3 Å². The second-order valence-electron chi connectivity index (χ2n) is 15.4. The van der Waals surface area contributed by atoms with Gasteiger partial charge in [0.1, 0.15) is 11.4 Å². The van der Waals surface area contributed by atoms with Crippen molar-refractivity contribution >= 4 is 55.4 Å². The first kappa shape index (κ1) is 46.6. The van der Waals surface area contributed by atoms with Crippen LogP contribution in [-0.4, -0.2) is 102 Å². The van der Waals surface area contributed by atoms with Crippen LogP contribution in [0.2, 0.25) is 0 Å². The van der Waals surface area contributed by atoms with Gasteiger partial charge in [0.2, 0.25) is 0 Å². The normalized spacial score (nSPS) is 14.5. The quantitative estimate of drug-likeness (QED) is 0.102. The molecular formula is C40H52N10O11S2. The van der Waals surface area contributed by atoms with Crippen LogP contribution in [0.1, 0.15) is 91.2 Å². The van der Waals surface area contributed by atoms with E-state index >= 15 is 0 Å². The van der Waals surface area contributed by atoms with Crippen molar-refractivity contribution < 1.29 is 51.3 Å². The van der Waals surface area contributed by atoms with Crippen molar-refractivity contribution in [1.82, 2.24) is 34.3 Å². The van der Waals surface area contributed by atoms with Crippen molar-refractivity contribution in [3.63, 3.8) is 0 Å². The van der Waals surface area contributed by atoms with Crippen molar-refractivity contribution in [3.05, 3.63) is 80.2 Å². The molecule has 8 rings (SSSR count). The summed E-state index contributed by atoms with van der Waals surface area (Å²) in [7, 11) is -5.85. The highest BCUT2D eigenvalue weighted by Gasteiger charge is 2.30. The number of nitrogens with two attached hydrogens (primary N) is 1. The molecule has 340 valence electrons. The number of rotatable bonds is 11. The minimum Gasteiger partial charge on any atom is -0.477 e. The van der Waals surface area contributed by atoms with E-state index in [0.29, 0.717) is 6.54 Å². The number of aromatic nitrogens is 4. The molecule has 63 heavy (non-hydrogen) atoms. The summed E-state index contributed by atoms with van der Waals surface area (Å²) in [5, 5.41) is 40.1. The Hall–Kier alpha value is -5.88. The molecule has 4 aliphatic rings. The molecule has 2 heterocycles. The van der Waals surface area contributed by atoms with Crippen LogP contribution in [0.5, 0.6) is 0 Å². The number of benzene rings is 2. The number of nitrogens with zero attached hydrogens (tertiary/aromatic N) is 4. The Morgan fingerprint density at radius 3 is 1.32 bits per heavy atom. The van der Waals surface area contributed by atoms with Gasteiger partial charge >= 0.3 is 18.0 Å². The first-order chi connectivity index (χ1) is 30.0. The lowest BCUT2D eigenvalue weighted by atomic mass is 9.99. The fraction of sp³-hybridized carbons (Fsp3) is 0.450. The highest BCUT2D eigenvalue weighted by Crippen LogP contribution is 2.40. The summed E-state index contributed by atoms with van der Waals surface area (Å²) >= 11 is 0. The number of urea groups is 2. The van der Waals surface area contributed by atoms with Gasteiger partial charge in [-0.2, -0.15) is 27.0 Å². The third kappa shape index (κ3) is 10.5. The number of sulfonamides is 2. The molecule has 0 unspecified atom stereocenters. The molecule has 5 amide bonds. The van der Waals surface area contributed by atoms with Crippen LogP contribution in [0.3, 0.4) is 0 Å². The zero-order valence-electron chi connectivity index (χ0n) is 34.9. The van der Waals surface area contributed by atoms with Gasteiger partial charge in [0.05, 0.1) is 13.2 Å². The predicted molar refractivity (Wildman–Crippen MR) is 229 cm³/mol. The zero-order chi connectivity index (χ0) is 45.6. The van der Waals surface area contributed by atoms with Gasteiger partial charge in [0, 0.05) is 50.7 Å². The lowest BCUT2D eigenvalue weighted by Gasteiger charge is -2.16. The number of amides is 5. The number of carbonyl (C=O) groups is 4. The second-order valence-corrected chi connectivity index (χ2v) is 18.6. The molecule has 0 bridgehead atoms. The minimum absolute atomic E-state index is 0.00654. The summed E-state index contributed by atoms with van der Waals surface area (Å²) in [5.74, 6) is -1.89. The van der Waals surface area contributed by atoms with E-state index in [-0.39, 0.29) is 31.1 Å². The summed E-state index contributed by atoms with van der Waals surface area (Å²) < 4.78 is 56.2. The number of anilines is 2. The monoisotopic (exact) mass is 912 g/mol. The van der Waals surface area contributed by atoms with Gasteiger partial charge in [0.15, 0.2) is 10.1 Å². The van der Waals surface area contributed by atoms with E-state index in [1.54, 1.807) is 0 Å². The number of fused-ring (bicyclic) bond motifs is 4. The number of aryl methyl sites for hydroxylation is 6. The van der Waals surface area contributed by atoms with E-state index in [1.165, 1.54) is 36.3 Å². The van der Waals surface area contributed by atoms with E-state index in [1.807, 2.05) is 9.44 Å². The molecule has 0 atom stereocenters. The number of carbonyl (C=O) groups excluding carboxylic acids is 3. The summed E-state index contributed by atoms with van der Waals surface area (Å²) in [4.78, 5) is 48.3. The van der Waals surface area contributed by atoms with Gasteiger partial charge in [-0.05, 0) is 122 Å². The van der Waals surface area contributed by atoms with Crippen LogP contribution < -0.4 is 31.1 Å². The second kappa shape index (κ2) is 19.7. The predicted octanol–water partition coefficient (Wildman–Crippen LogP) is 1.17. The number of aromatic carboxylic acids is 1. The highest BCUT2D eigenvalue weighted by atomic mass is 32.2. The molecule has 0 saturated carbocycles. The molecular weight excluding hydrogens is 861 g/mol. The van der Waals surface area contributed by atoms with E-state index in [4.69, 9.17) is 21.1 Å². The van der Waals surface area contributed by atoms with Gasteiger partial charge in [-0.3, -0.25) is 14.2 Å². The average Bonchev–Trinajstić information content (AvgIpc) is 4.09. The standard InChI is InChI=1S/C20H25N5O5S.C18H20N4O5S.C2H7NO/c1-25-16(19(27)21-8-9-26)11-17(23-25)31(29,30)24-20(28)22-18-14-6-2-4-12(14)10-13-5-3-7-15(13)18;1-22-14(17(23)24)9-15(20-22)28(26,27)21-18(25)19-16-12-6-2-4-10(12)8-11-5-3-7-13(11)16;3-1-2-4/h10-11,26H,2-9H2,1H3,(H,21,27)(H2,22,24,28);8-9H,2-7H2,1H3,(H,23,24)(H2,19,21,25);4H,1-3H2. The van der Waals surface area contributed by atoms with Crippen LogP contribution >= 0.6 is 0 Å². The van der Waals surface area contributed by atoms with Gasteiger partial charge in [-0.25, -0.2) is 23.8 Å². The number of aliphatic hydroxyl groups is 2. The molecule has 2 aromatic carbocycles. The summed E-state index contributed by atoms with van der Waals surface area (Å²) in [5.41, 5.74) is 15.2. The summed E-state index contributed by atoms with van der Waals surface area (Å²) in [6, 6.07) is 4.70. The Morgan fingerprint density at radius 2 is 0.984 bits per heavy atom. The molecule has 4 aromatic rings. The fourth-order valence-corrected chi connectivity index (χ4v) is 10.2. The molecule has 10 N–H and O–H groups in total. The van der Waals surface area contributed by atoms with Crippen molar-refractivity contribution in [1.29, 1.82) is 0 Å². The molecule has 21 nitrogen and oxygen atoms in total. The molecule has 23 heteroatoms. The minimum atomic E-state index is -4.30. The van der Waals surface area contributed by atoms with E-state index in [0.717, 1.165) is 132 Å². The smallest absolute Gasteiger partial charge is 0.354 e. The van der Waals surface area contributed by atoms with Gasteiger partial charge < -0.3 is 37.0 Å².